The molecule has 0 radical (unpaired) electrons. The molecule has 1 aromatic carbocycles. The van der Waals surface area contributed by atoms with Crippen molar-refractivity contribution < 1.29 is 9.90 Å². The van der Waals surface area contributed by atoms with Gasteiger partial charge in [-0.25, -0.2) is 0 Å². The van der Waals surface area contributed by atoms with Crippen LogP contribution in [0.5, 0.6) is 0 Å². The van der Waals surface area contributed by atoms with E-state index in [-0.39, 0.29) is 22.2 Å². The molecule has 1 amide bonds. The van der Waals surface area contributed by atoms with Crippen LogP contribution in [0.2, 0.25) is 10.0 Å². The maximum Gasteiger partial charge on any atom is 0.253 e. The highest BCUT2D eigenvalue weighted by atomic mass is 35.5. The summed E-state index contributed by atoms with van der Waals surface area (Å²) in [6.07, 6.45) is 0. The molecule has 1 unspecified atom stereocenters. The Morgan fingerprint density at radius 3 is 2.60 bits per heavy atom. The number of amides is 1. The fourth-order valence-electron chi connectivity index (χ4n) is 1.88. The zero-order chi connectivity index (χ0) is 15.5. The van der Waals surface area contributed by atoms with Crippen LogP contribution in [-0.2, 0) is 0 Å². The average Bonchev–Trinajstić information content (AvgIpc) is 2.29. The van der Waals surface area contributed by atoms with E-state index in [9.17, 15) is 9.90 Å². The third kappa shape index (κ3) is 4.83. The maximum atomic E-state index is 12.1. The predicted molar refractivity (Wildman–Crippen MR) is 82.4 cm³/mol. The van der Waals surface area contributed by atoms with Crippen LogP contribution >= 0.6 is 23.2 Å². The Kier molecular flexibility index (Phi) is 5.65. The van der Waals surface area contributed by atoms with Gasteiger partial charge in [-0.05, 0) is 33.2 Å². The molecule has 0 spiro atoms. The molecule has 0 aromatic heterocycles. The number of nitrogens with zero attached hydrogens (tertiary/aromatic N) is 1. The lowest BCUT2D eigenvalue weighted by molar-refractivity contribution is 0.0326. The van der Waals surface area contributed by atoms with E-state index in [0.717, 1.165) is 0 Å². The van der Waals surface area contributed by atoms with Crippen LogP contribution in [0.1, 0.15) is 17.3 Å². The summed E-state index contributed by atoms with van der Waals surface area (Å²) in [7, 11) is 3.68. The number of rotatable bonds is 5. The number of benzene rings is 1. The standard InChI is InChI=1S/C13H19Cl2N3O2/c1-13(20,7-18(2)3)6-17-12(19)9-4-8(16)5-10(14)11(9)15/h4-5,20H,6-7,16H2,1-3H3,(H,17,19). The van der Waals surface area contributed by atoms with Gasteiger partial charge in [0.05, 0.1) is 21.2 Å². The van der Waals surface area contributed by atoms with Gasteiger partial charge in [-0.2, -0.15) is 0 Å². The Morgan fingerprint density at radius 1 is 1.45 bits per heavy atom. The molecule has 1 rings (SSSR count). The number of likely N-dealkylation sites (N-methyl/N-ethyl adjacent to an activating group) is 1. The molecule has 0 aliphatic heterocycles. The Bertz CT molecular complexity index is 505. The Balaban J connectivity index is 2.78. The number of nitrogen functional groups attached to an aromatic ring is 1. The second-order valence-corrected chi connectivity index (χ2v) is 6.07. The van der Waals surface area contributed by atoms with Crippen LogP contribution in [0, 0.1) is 0 Å². The van der Waals surface area contributed by atoms with E-state index in [1.165, 1.54) is 12.1 Å². The van der Waals surface area contributed by atoms with Crippen LogP contribution in [0.25, 0.3) is 0 Å². The van der Waals surface area contributed by atoms with E-state index in [1.807, 2.05) is 19.0 Å². The van der Waals surface area contributed by atoms with Crippen LogP contribution in [-0.4, -0.2) is 48.7 Å². The van der Waals surface area contributed by atoms with Gasteiger partial charge in [0.25, 0.3) is 5.91 Å². The number of halogens is 2. The second-order valence-electron chi connectivity index (χ2n) is 5.28. The molecule has 0 bridgehead atoms. The molecule has 1 aromatic rings. The van der Waals surface area contributed by atoms with E-state index in [1.54, 1.807) is 6.92 Å². The first kappa shape index (κ1) is 17.0. The van der Waals surface area contributed by atoms with E-state index < -0.39 is 11.5 Å². The first-order valence-electron chi connectivity index (χ1n) is 6.02. The van der Waals surface area contributed by atoms with Gasteiger partial charge in [0, 0.05) is 18.8 Å². The number of nitrogens with one attached hydrogen (secondary N) is 1. The van der Waals surface area contributed by atoms with Crippen molar-refractivity contribution in [3.63, 3.8) is 0 Å². The Hall–Kier alpha value is -1.01. The summed E-state index contributed by atoms with van der Waals surface area (Å²) in [4.78, 5) is 13.9. The lowest BCUT2D eigenvalue weighted by atomic mass is 10.1. The van der Waals surface area contributed by atoms with Crippen molar-refractivity contribution in [2.75, 3.05) is 32.9 Å². The zero-order valence-corrected chi connectivity index (χ0v) is 13.2. The topological polar surface area (TPSA) is 78.6 Å². The third-order valence-corrected chi connectivity index (χ3v) is 3.38. The minimum atomic E-state index is -1.05. The molecule has 5 nitrogen and oxygen atoms in total. The first-order valence-corrected chi connectivity index (χ1v) is 6.78. The van der Waals surface area contributed by atoms with Gasteiger partial charge in [-0.3, -0.25) is 4.79 Å². The maximum absolute atomic E-state index is 12.1. The summed E-state index contributed by atoms with van der Waals surface area (Å²) in [5.41, 5.74) is 5.13. The van der Waals surface area contributed by atoms with Crippen LogP contribution in [0.4, 0.5) is 5.69 Å². The lowest BCUT2D eigenvalue weighted by Gasteiger charge is -2.27. The lowest BCUT2D eigenvalue weighted by Crippen LogP contribution is -2.47. The summed E-state index contributed by atoms with van der Waals surface area (Å²) in [6.45, 7) is 2.15. The summed E-state index contributed by atoms with van der Waals surface area (Å²) in [5.74, 6) is -0.428. The first-order chi connectivity index (χ1) is 9.12. The minimum absolute atomic E-state index is 0.0900. The number of carbonyl (C=O) groups is 1. The third-order valence-electron chi connectivity index (χ3n) is 2.58. The second kappa shape index (κ2) is 6.63. The molecule has 4 N–H and O–H groups in total. The fraction of sp³-hybridized carbons (Fsp3) is 0.462. The molecule has 0 heterocycles. The van der Waals surface area contributed by atoms with Gasteiger partial charge in [0.1, 0.15) is 0 Å². The largest absolute Gasteiger partial charge is 0.399 e. The van der Waals surface area contributed by atoms with Crippen molar-refractivity contribution in [2.24, 2.45) is 0 Å². The summed E-state index contributed by atoms with van der Waals surface area (Å²) >= 11 is 11.8. The SMILES string of the molecule is CN(C)CC(C)(O)CNC(=O)c1cc(N)cc(Cl)c1Cl. The predicted octanol–water partition coefficient (Wildman–Crippen LogP) is 1.62. The van der Waals surface area contributed by atoms with Crippen molar-refractivity contribution in [1.29, 1.82) is 0 Å². The number of anilines is 1. The van der Waals surface area contributed by atoms with Crippen LogP contribution < -0.4 is 11.1 Å². The Labute approximate surface area is 128 Å². The highest BCUT2D eigenvalue weighted by molar-refractivity contribution is 6.44. The smallest absolute Gasteiger partial charge is 0.253 e. The van der Waals surface area contributed by atoms with Crippen molar-refractivity contribution in [2.45, 2.75) is 12.5 Å². The molecule has 1 atom stereocenters. The fourth-order valence-corrected chi connectivity index (χ4v) is 2.30. The normalized spacial score (nSPS) is 14.2. The Morgan fingerprint density at radius 2 is 2.05 bits per heavy atom. The molecule has 112 valence electrons. The highest BCUT2D eigenvalue weighted by Gasteiger charge is 2.23. The average molecular weight is 320 g/mol. The molecule has 0 saturated heterocycles. The van der Waals surface area contributed by atoms with E-state index in [2.05, 4.69) is 5.32 Å². The van der Waals surface area contributed by atoms with Gasteiger partial charge < -0.3 is 21.1 Å². The number of carbonyl (C=O) groups excluding carboxylic acids is 1. The van der Waals surface area contributed by atoms with Crippen molar-refractivity contribution in [3.8, 4) is 0 Å². The molecule has 0 aliphatic carbocycles. The van der Waals surface area contributed by atoms with Crippen molar-refractivity contribution in [3.05, 3.63) is 27.7 Å². The van der Waals surface area contributed by atoms with Gasteiger partial charge in [-0.15, -0.1) is 0 Å². The molecule has 20 heavy (non-hydrogen) atoms. The molecular weight excluding hydrogens is 301 g/mol. The number of nitrogens with two attached hydrogens (primary N) is 1. The van der Waals surface area contributed by atoms with Crippen LogP contribution in [0.3, 0.4) is 0 Å². The summed E-state index contributed by atoms with van der Waals surface area (Å²) in [5, 5.41) is 13.1. The van der Waals surface area contributed by atoms with Gasteiger partial charge in [-0.1, -0.05) is 23.2 Å². The molecule has 0 aliphatic rings. The van der Waals surface area contributed by atoms with Gasteiger partial charge in [0.15, 0.2) is 0 Å². The van der Waals surface area contributed by atoms with Gasteiger partial charge >= 0.3 is 0 Å². The highest BCUT2D eigenvalue weighted by Crippen LogP contribution is 2.28. The van der Waals surface area contributed by atoms with Crippen molar-refractivity contribution >= 4 is 34.8 Å². The summed E-state index contributed by atoms with van der Waals surface area (Å²) < 4.78 is 0. The van der Waals surface area contributed by atoms with E-state index >= 15 is 0 Å². The molecule has 0 fully saturated rings. The number of hydrogen-bond acceptors (Lipinski definition) is 4. The zero-order valence-electron chi connectivity index (χ0n) is 11.7. The van der Waals surface area contributed by atoms with Gasteiger partial charge in [0.2, 0.25) is 0 Å². The number of hydrogen-bond donors (Lipinski definition) is 3. The van der Waals surface area contributed by atoms with Crippen molar-refractivity contribution in [1.82, 2.24) is 10.2 Å². The number of aliphatic hydroxyl groups is 1. The molecule has 0 saturated carbocycles. The molecular formula is C13H19Cl2N3O2. The van der Waals surface area contributed by atoms with E-state index in [4.69, 9.17) is 28.9 Å². The summed E-state index contributed by atoms with van der Waals surface area (Å²) in [6, 6.07) is 2.92. The van der Waals surface area contributed by atoms with Crippen LogP contribution in [0.15, 0.2) is 12.1 Å². The minimum Gasteiger partial charge on any atom is -0.399 e. The van der Waals surface area contributed by atoms with E-state index in [0.29, 0.717) is 12.2 Å². The monoisotopic (exact) mass is 319 g/mol. The molecule has 7 heteroatoms. The quantitative estimate of drug-likeness (QED) is 0.721.